The first-order valence-electron chi connectivity index (χ1n) is 6.39. The van der Waals surface area contributed by atoms with Gasteiger partial charge >= 0.3 is 6.09 Å². The molecule has 0 N–H and O–H groups in total. The summed E-state index contributed by atoms with van der Waals surface area (Å²) in [7, 11) is 0. The fourth-order valence-electron chi connectivity index (χ4n) is 2.00. The molecule has 3 nitrogen and oxygen atoms in total. The van der Waals surface area contributed by atoms with E-state index in [2.05, 4.69) is 31.2 Å². The summed E-state index contributed by atoms with van der Waals surface area (Å²) in [5, 5.41) is 0. The predicted molar refractivity (Wildman–Crippen MR) is 71.7 cm³/mol. The molecule has 0 aromatic heterocycles. The molecule has 0 unspecified atom stereocenters. The number of likely N-dealkylation sites (tertiary alicyclic amines) is 1. The van der Waals surface area contributed by atoms with E-state index in [1.807, 2.05) is 20.8 Å². The molecule has 2 rings (SSSR count). The molecule has 1 aliphatic heterocycles. The molecule has 98 valence electrons. The second-order valence-electron chi connectivity index (χ2n) is 5.99. The lowest BCUT2D eigenvalue weighted by Gasteiger charge is -2.40. The lowest BCUT2D eigenvalue weighted by molar-refractivity contribution is 0.00819. The molecule has 1 amide bonds. The third-order valence-corrected chi connectivity index (χ3v) is 3.08. The van der Waals surface area contributed by atoms with Gasteiger partial charge in [-0.2, -0.15) is 0 Å². The Balaban J connectivity index is 1.87. The highest BCUT2D eigenvalue weighted by atomic mass is 16.6. The molecule has 0 aliphatic carbocycles. The van der Waals surface area contributed by atoms with E-state index < -0.39 is 5.60 Å². The summed E-state index contributed by atoms with van der Waals surface area (Å²) in [6, 6.07) is 8.52. The van der Waals surface area contributed by atoms with Gasteiger partial charge in [-0.25, -0.2) is 4.79 Å². The summed E-state index contributed by atoms with van der Waals surface area (Å²) in [4.78, 5) is 13.5. The first-order chi connectivity index (χ1) is 8.35. The van der Waals surface area contributed by atoms with Crippen LogP contribution in [0.25, 0.3) is 0 Å². The number of benzene rings is 1. The number of carbonyl (C=O) groups excluding carboxylic acids is 1. The Morgan fingerprint density at radius 1 is 1.22 bits per heavy atom. The molecule has 0 bridgehead atoms. The fraction of sp³-hybridized carbons (Fsp3) is 0.533. The maximum atomic E-state index is 11.8. The number of hydrogen-bond donors (Lipinski definition) is 0. The van der Waals surface area contributed by atoms with Crippen LogP contribution in [0.4, 0.5) is 4.79 Å². The molecule has 0 atom stereocenters. The summed E-state index contributed by atoms with van der Waals surface area (Å²) in [5.74, 6) is 0.457. The summed E-state index contributed by atoms with van der Waals surface area (Å²) in [6.07, 6.45) is -0.203. The van der Waals surface area contributed by atoms with Crippen LogP contribution in [-0.2, 0) is 4.74 Å². The topological polar surface area (TPSA) is 29.5 Å². The van der Waals surface area contributed by atoms with Crippen LogP contribution < -0.4 is 0 Å². The molecule has 1 aliphatic rings. The Morgan fingerprint density at radius 2 is 1.78 bits per heavy atom. The van der Waals surface area contributed by atoms with E-state index >= 15 is 0 Å². The van der Waals surface area contributed by atoms with E-state index in [9.17, 15) is 4.79 Å². The molecule has 1 saturated heterocycles. The van der Waals surface area contributed by atoms with E-state index in [0.717, 1.165) is 13.1 Å². The molecular weight excluding hydrogens is 226 g/mol. The standard InChI is InChI=1S/C15H21NO2/c1-11-5-7-12(8-6-11)13-9-16(10-13)14(17)18-15(2,3)4/h5-8,13H,9-10H2,1-4H3. The zero-order valence-corrected chi connectivity index (χ0v) is 11.6. The zero-order chi connectivity index (χ0) is 13.3. The molecule has 0 saturated carbocycles. The van der Waals surface area contributed by atoms with Crippen molar-refractivity contribution in [2.45, 2.75) is 39.2 Å². The molecule has 0 spiro atoms. The van der Waals surface area contributed by atoms with Crippen LogP contribution in [0.15, 0.2) is 24.3 Å². The Labute approximate surface area is 109 Å². The molecular formula is C15H21NO2. The van der Waals surface area contributed by atoms with Gasteiger partial charge in [0, 0.05) is 19.0 Å². The van der Waals surface area contributed by atoms with Crippen LogP contribution in [0, 0.1) is 6.92 Å². The Hall–Kier alpha value is -1.51. The molecule has 3 heteroatoms. The van der Waals surface area contributed by atoms with Gasteiger partial charge in [0.15, 0.2) is 0 Å². The van der Waals surface area contributed by atoms with Crippen LogP contribution in [-0.4, -0.2) is 29.7 Å². The van der Waals surface area contributed by atoms with Gasteiger partial charge in [0.1, 0.15) is 5.60 Å². The summed E-state index contributed by atoms with van der Waals surface area (Å²) in [5.41, 5.74) is 2.16. The summed E-state index contributed by atoms with van der Waals surface area (Å²) >= 11 is 0. The lowest BCUT2D eigenvalue weighted by atomic mass is 9.91. The SMILES string of the molecule is Cc1ccc(C2CN(C(=O)OC(C)(C)C)C2)cc1. The summed E-state index contributed by atoms with van der Waals surface area (Å²) < 4.78 is 5.33. The van der Waals surface area contributed by atoms with E-state index in [1.165, 1.54) is 11.1 Å². The van der Waals surface area contributed by atoms with Crippen molar-refractivity contribution in [2.24, 2.45) is 0 Å². The van der Waals surface area contributed by atoms with Crippen molar-refractivity contribution in [1.29, 1.82) is 0 Å². The van der Waals surface area contributed by atoms with E-state index in [4.69, 9.17) is 4.74 Å². The van der Waals surface area contributed by atoms with Crippen LogP contribution in [0.3, 0.4) is 0 Å². The number of carbonyl (C=O) groups is 1. The van der Waals surface area contributed by atoms with Gasteiger partial charge in [-0.05, 0) is 33.3 Å². The van der Waals surface area contributed by atoms with Gasteiger partial charge in [0.05, 0.1) is 0 Å². The van der Waals surface area contributed by atoms with Crippen LogP contribution >= 0.6 is 0 Å². The van der Waals surface area contributed by atoms with Gasteiger partial charge in [-0.3, -0.25) is 0 Å². The average molecular weight is 247 g/mol. The highest BCUT2D eigenvalue weighted by Gasteiger charge is 2.34. The van der Waals surface area contributed by atoms with Gasteiger partial charge in [-0.1, -0.05) is 29.8 Å². The second kappa shape index (κ2) is 4.63. The third kappa shape index (κ3) is 3.03. The molecule has 1 heterocycles. The first kappa shape index (κ1) is 12.9. The average Bonchev–Trinajstić information content (AvgIpc) is 2.15. The smallest absolute Gasteiger partial charge is 0.410 e. The number of amides is 1. The minimum absolute atomic E-state index is 0.203. The van der Waals surface area contributed by atoms with E-state index in [0.29, 0.717) is 5.92 Å². The largest absolute Gasteiger partial charge is 0.444 e. The van der Waals surface area contributed by atoms with Crippen molar-refractivity contribution in [2.75, 3.05) is 13.1 Å². The molecule has 1 aromatic carbocycles. The van der Waals surface area contributed by atoms with Crippen molar-refractivity contribution in [3.05, 3.63) is 35.4 Å². The molecule has 18 heavy (non-hydrogen) atoms. The second-order valence-corrected chi connectivity index (χ2v) is 5.99. The Bertz CT molecular complexity index is 425. The number of rotatable bonds is 1. The molecule has 1 aromatic rings. The number of hydrogen-bond acceptors (Lipinski definition) is 2. The van der Waals surface area contributed by atoms with Crippen molar-refractivity contribution in [3.63, 3.8) is 0 Å². The number of nitrogens with zero attached hydrogens (tertiary/aromatic N) is 1. The van der Waals surface area contributed by atoms with E-state index in [1.54, 1.807) is 4.90 Å². The van der Waals surface area contributed by atoms with Crippen molar-refractivity contribution >= 4 is 6.09 Å². The zero-order valence-electron chi connectivity index (χ0n) is 11.6. The normalized spacial score (nSPS) is 16.3. The van der Waals surface area contributed by atoms with Gasteiger partial charge in [0.2, 0.25) is 0 Å². The van der Waals surface area contributed by atoms with Crippen LogP contribution in [0.2, 0.25) is 0 Å². The Kier molecular flexibility index (Phi) is 3.33. The fourth-order valence-corrected chi connectivity index (χ4v) is 2.00. The maximum Gasteiger partial charge on any atom is 0.410 e. The van der Waals surface area contributed by atoms with Crippen molar-refractivity contribution < 1.29 is 9.53 Å². The van der Waals surface area contributed by atoms with Crippen LogP contribution in [0.5, 0.6) is 0 Å². The van der Waals surface area contributed by atoms with Gasteiger partial charge < -0.3 is 9.64 Å². The maximum absolute atomic E-state index is 11.8. The molecule has 0 radical (unpaired) electrons. The Morgan fingerprint density at radius 3 is 2.28 bits per heavy atom. The van der Waals surface area contributed by atoms with Crippen LogP contribution in [0.1, 0.15) is 37.8 Å². The minimum Gasteiger partial charge on any atom is -0.444 e. The quantitative estimate of drug-likeness (QED) is 0.761. The number of aryl methyl sites for hydroxylation is 1. The minimum atomic E-state index is -0.411. The van der Waals surface area contributed by atoms with E-state index in [-0.39, 0.29) is 6.09 Å². The van der Waals surface area contributed by atoms with Gasteiger partial charge in [0.25, 0.3) is 0 Å². The first-order valence-corrected chi connectivity index (χ1v) is 6.39. The monoisotopic (exact) mass is 247 g/mol. The van der Waals surface area contributed by atoms with Crippen molar-refractivity contribution in [3.8, 4) is 0 Å². The third-order valence-electron chi connectivity index (χ3n) is 3.08. The van der Waals surface area contributed by atoms with Gasteiger partial charge in [-0.15, -0.1) is 0 Å². The van der Waals surface area contributed by atoms with Crippen molar-refractivity contribution in [1.82, 2.24) is 4.90 Å². The highest BCUT2D eigenvalue weighted by molar-refractivity contribution is 5.69. The summed E-state index contributed by atoms with van der Waals surface area (Å²) in [6.45, 7) is 9.28. The molecule has 1 fully saturated rings. The highest BCUT2D eigenvalue weighted by Crippen LogP contribution is 2.28. The lowest BCUT2D eigenvalue weighted by Crippen LogP contribution is -2.50. The predicted octanol–water partition coefficient (Wildman–Crippen LogP) is 3.33. The number of ether oxygens (including phenoxy) is 1.